The Labute approximate surface area is 81.7 Å². The van der Waals surface area contributed by atoms with E-state index < -0.39 is 0 Å². The SMILES string of the molecule is Fc1cccnc1NC1[C@H]2CNC[C@@H]12. The molecule has 0 aromatic carbocycles. The molecule has 2 aliphatic rings. The first-order valence-corrected chi connectivity index (χ1v) is 4.94. The largest absolute Gasteiger partial charge is 0.364 e. The highest BCUT2D eigenvalue weighted by Gasteiger charge is 2.53. The number of pyridine rings is 1. The summed E-state index contributed by atoms with van der Waals surface area (Å²) in [5.41, 5.74) is 0. The van der Waals surface area contributed by atoms with E-state index in [9.17, 15) is 4.39 Å². The molecule has 0 bridgehead atoms. The molecule has 1 saturated heterocycles. The molecule has 14 heavy (non-hydrogen) atoms. The van der Waals surface area contributed by atoms with Crippen LogP contribution in [0.3, 0.4) is 0 Å². The molecule has 1 aromatic rings. The maximum Gasteiger partial charge on any atom is 0.165 e. The van der Waals surface area contributed by atoms with E-state index >= 15 is 0 Å². The molecule has 3 atom stereocenters. The Kier molecular flexibility index (Phi) is 1.70. The molecule has 1 unspecified atom stereocenters. The van der Waals surface area contributed by atoms with Crippen LogP contribution in [0.2, 0.25) is 0 Å². The Hall–Kier alpha value is -1.16. The van der Waals surface area contributed by atoms with E-state index in [1.54, 1.807) is 12.3 Å². The van der Waals surface area contributed by atoms with Gasteiger partial charge in [0, 0.05) is 25.3 Å². The lowest BCUT2D eigenvalue weighted by atomic mass is 10.4. The van der Waals surface area contributed by atoms with Gasteiger partial charge in [-0.05, 0) is 24.0 Å². The van der Waals surface area contributed by atoms with Crippen molar-refractivity contribution in [2.75, 3.05) is 18.4 Å². The third-order valence-corrected chi connectivity index (χ3v) is 3.15. The Morgan fingerprint density at radius 1 is 1.43 bits per heavy atom. The number of aromatic nitrogens is 1. The van der Waals surface area contributed by atoms with Crippen LogP contribution >= 0.6 is 0 Å². The molecular formula is C10H12FN3. The molecule has 1 aromatic heterocycles. The van der Waals surface area contributed by atoms with Gasteiger partial charge < -0.3 is 10.6 Å². The predicted octanol–water partition coefficient (Wildman–Crippen LogP) is 0.850. The van der Waals surface area contributed by atoms with Crippen molar-refractivity contribution < 1.29 is 4.39 Å². The van der Waals surface area contributed by atoms with Crippen LogP contribution < -0.4 is 10.6 Å². The van der Waals surface area contributed by atoms with Crippen molar-refractivity contribution in [1.29, 1.82) is 0 Å². The number of nitrogens with zero attached hydrogens (tertiary/aromatic N) is 1. The van der Waals surface area contributed by atoms with Crippen molar-refractivity contribution in [3.8, 4) is 0 Å². The summed E-state index contributed by atoms with van der Waals surface area (Å²) in [5.74, 6) is 1.49. The van der Waals surface area contributed by atoms with Crippen LogP contribution in [-0.4, -0.2) is 24.1 Å². The third-order valence-electron chi connectivity index (χ3n) is 3.15. The van der Waals surface area contributed by atoms with Gasteiger partial charge in [0.2, 0.25) is 0 Å². The average Bonchev–Trinajstić information content (AvgIpc) is 2.64. The smallest absolute Gasteiger partial charge is 0.165 e. The first-order valence-electron chi connectivity index (χ1n) is 4.94. The van der Waals surface area contributed by atoms with Crippen molar-refractivity contribution in [2.24, 2.45) is 11.8 Å². The molecule has 1 saturated carbocycles. The van der Waals surface area contributed by atoms with Gasteiger partial charge in [-0.2, -0.15) is 0 Å². The van der Waals surface area contributed by atoms with E-state index in [0.29, 0.717) is 23.7 Å². The second kappa shape index (κ2) is 2.92. The van der Waals surface area contributed by atoms with E-state index in [-0.39, 0.29) is 5.82 Å². The highest BCUT2D eigenvalue weighted by atomic mass is 19.1. The van der Waals surface area contributed by atoms with E-state index in [1.165, 1.54) is 6.07 Å². The minimum Gasteiger partial charge on any atom is -0.364 e. The molecule has 2 N–H and O–H groups in total. The molecule has 0 radical (unpaired) electrons. The first-order chi connectivity index (χ1) is 6.86. The Balaban J connectivity index is 1.71. The zero-order chi connectivity index (χ0) is 9.54. The molecule has 74 valence electrons. The van der Waals surface area contributed by atoms with Crippen molar-refractivity contribution in [2.45, 2.75) is 6.04 Å². The summed E-state index contributed by atoms with van der Waals surface area (Å²) in [4.78, 5) is 3.98. The van der Waals surface area contributed by atoms with Crippen LogP contribution in [0.5, 0.6) is 0 Å². The van der Waals surface area contributed by atoms with Gasteiger partial charge in [-0.15, -0.1) is 0 Å². The van der Waals surface area contributed by atoms with Crippen LogP contribution in [0.4, 0.5) is 10.2 Å². The topological polar surface area (TPSA) is 37.0 Å². The van der Waals surface area contributed by atoms with Crippen molar-refractivity contribution in [3.05, 3.63) is 24.1 Å². The number of fused-ring (bicyclic) bond motifs is 1. The van der Waals surface area contributed by atoms with E-state index in [0.717, 1.165) is 13.1 Å². The van der Waals surface area contributed by atoms with Crippen LogP contribution in [0.15, 0.2) is 18.3 Å². The lowest BCUT2D eigenvalue weighted by Gasteiger charge is -2.08. The van der Waals surface area contributed by atoms with Crippen LogP contribution in [0.1, 0.15) is 0 Å². The van der Waals surface area contributed by atoms with Gasteiger partial charge >= 0.3 is 0 Å². The molecule has 1 aliphatic carbocycles. The third kappa shape index (κ3) is 1.18. The number of nitrogens with one attached hydrogen (secondary N) is 2. The summed E-state index contributed by atoms with van der Waals surface area (Å²) < 4.78 is 13.2. The van der Waals surface area contributed by atoms with Crippen LogP contribution in [0, 0.1) is 17.7 Å². The molecule has 1 aliphatic heterocycles. The van der Waals surface area contributed by atoms with Crippen LogP contribution in [0.25, 0.3) is 0 Å². The van der Waals surface area contributed by atoms with Gasteiger partial charge in [-0.3, -0.25) is 0 Å². The van der Waals surface area contributed by atoms with Gasteiger partial charge in [0.1, 0.15) is 0 Å². The Morgan fingerprint density at radius 3 is 2.93 bits per heavy atom. The molecule has 4 heteroatoms. The maximum atomic E-state index is 13.2. The summed E-state index contributed by atoms with van der Waals surface area (Å²) in [6, 6.07) is 3.47. The molecule has 0 amide bonds. The van der Waals surface area contributed by atoms with Crippen molar-refractivity contribution in [3.63, 3.8) is 0 Å². The summed E-state index contributed by atoms with van der Waals surface area (Å²) in [6.45, 7) is 2.10. The van der Waals surface area contributed by atoms with Gasteiger partial charge in [0.05, 0.1) is 0 Å². The normalized spacial score (nSPS) is 33.9. The molecular weight excluding hydrogens is 181 g/mol. The Morgan fingerprint density at radius 2 is 2.21 bits per heavy atom. The Bertz CT molecular complexity index is 345. The molecule has 2 fully saturated rings. The van der Waals surface area contributed by atoms with Crippen molar-refractivity contribution >= 4 is 5.82 Å². The fourth-order valence-corrected chi connectivity index (χ4v) is 2.28. The number of anilines is 1. The van der Waals surface area contributed by atoms with E-state index in [1.807, 2.05) is 0 Å². The summed E-state index contributed by atoms with van der Waals surface area (Å²) in [6.07, 6.45) is 1.61. The number of hydrogen-bond acceptors (Lipinski definition) is 3. The molecule has 0 spiro atoms. The lowest BCUT2D eigenvalue weighted by molar-refractivity contribution is 0.619. The number of rotatable bonds is 2. The summed E-state index contributed by atoms with van der Waals surface area (Å²) in [5, 5.41) is 6.46. The number of halogens is 1. The number of hydrogen-bond donors (Lipinski definition) is 2. The average molecular weight is 193 g/mol. The summed E-state index contributed by atoms with van der Waals surface area (Å²) in [7, 11) is 0. The second-order valence-electron chi connectivity index (χ2n) is 3.99. The predicted molar refractivity (Wildman–Crippen MR) is 51.5 cm³/mol. The minimum absolute atomic E-state index is 0.259. The zero-order valence-corrected chi connectivity index (χ0v) is 7.70. The van der Waals surface area contributed by atoms with Gasteiger partial charge in [-0.25, -0.2) is 9.37 Å². The highest BCUT2D eigenvalue weighted by molar-refractivity contribution is 5.40. The summed E-state index contributed by atoms with van der Waals surface area (Å²) >= 11 is 0. The molecule has 2 heterocycles. The molecule has 3 rings (SSSR count). The van der Waals surface area contributed by atoms with Crippen LogP contribution in [-0.2, 0) is 0 Å². The molecule has 3 nitrogen and oxygen atoms in total. The monoisotopic (exact) mass is 193 g/mol. The van der Waals surface area contributed by atoms with E-state index in [2.05, 4.69) is 15.6 Å². The minimum atomic E-state index is -0.259. The van der Waals surface area contributed by atoms with E-state index in [4.69, 9.17) is 0 Å². The number of piperidine rings is 1. The zero-order valence-electron chi connectivity index (χ0n) is 7.70. The van der Waals surface area contributed by atoms with Gasteiger partial charge in [0.15, 0.2) is 11.6 Å². The second-order valence-corrected chi connectivity index (χ2v) is 3.99. The standard InChI is InChI=1S/C10H12FN3/c11-8-2-1-3-13-10(8)14-9-6-4-12-5-7(6)9/h1-3,6-7,9,12H,4-5H2,(H,13,14)/t6-,7+,9?. The highest BCUT2D eigenvalue weighted by Crippen LogP contribution is 2.43. The fraction of sp³-hybridized carbons (Fsp3) is 0.500. The lowest BCUT2D eigenvalue weighted by Crippen LogP contribution is -2.22. The van der Waals surface area contributed by atoms with Gasteiger partial charge in [0.25, 0.3) is 0 Å². The fourth-order valence-electron chi connectivity index (χ4n) is 2.28. The first kappa shape index (κ1) is 8.17. The van der Waals surface area contributed by atoms with Gasteiger partial charge in [-0.1, -0.05) is 0 Å². The maximum absolute atomic E-state index is 13.2. The van der Waals surface area contributed by atoms with Crippen molar-refractivity contribution in [1.82, 2.24) is 10.3 Å². The quantitative estimate of drug-likeness (QED) is 0.731.